The molecule has 1 fully saturated rings. The zero-order valence-electron chi connectivity index (χ0n) is 13.3. The first-order valence-corrected chi connectivity index (χ1v) is 8.62. The van der Waals surface area contributed by atoms with E-state index >= 15 is 0 Å². The van der Waals surface area contributed by atoms with Crippen LogP contribution in [-0.4, -0.2) is 11.5 Å². The summed E-state index contributed by atoms with van der Waals surface area (Å²) in [6.07, 6.45) is 12.3. The lowest BCUT2D eigenvalue weighted by atomic mass is 9.87. The van der Waals surface area contributed by atoms with Crippen LogP contribution in [0.2, 0.25) is 0 Å². The minimum absolute atomic E-state index is 0.942. The van der Waals surface area contributed by atoms with Crippen LogP contribution in [-0.2, 0) is 6.54 Å². The monoisotopic (exact) mass is 294 g/mol. The molecule has 0 atom stereocenters. The molecule has 3 rings (SSSR count). The van der Waals surface area contributed by atoms with Crippen molar-refractivity contribution >= 4 is 0 Å². The van der Waals surface area contributed by atoms with Gasteiger partial charge in [0.25, 0.3) is 0 Å². The number of hydrogen-bond acceptors (Lipinski definition) is 2. The topological polar surface area (TPSA) is 24.9 Å². The molecular formula is C20H26N2. The number of benzene rings is 1. The summed E-state index contributed by atoms with van der Waals surface area (Å²) in [4.78, 5) is 4.24. The van der Waals surface area contributed by atoms with Gasteiger partial charge < -0.3 is 5.32 Å². The van der Waals surface area contributed by atoms with Crippen LogP contribution in [0.5, 0.6) is 0 Å². The Kier molecular flexibility index (Phi) is 5.60. The fourth-order valence-electron chi connectivity index (χ4n) is 3.48. The first kappa shape index (κ1) is 15.2. The van der Waals surface area contributed by atoms with Crippen molar-refractivity contribution in [2.24, 2.45) is 5.92 Å². The van der Waals surface area contributed by atoms with Crippen molar-refractivity contribution in [3.63, 3.8) is 0 Å². The molecule has 0 unspecified atom stereocenters. The van der Waals surface area contributed by atoms with Crippen molar-refractivity contribution in [1.29, 1.82) is 0 Å². The molecular weight excluding hydrogens is 268 g/mol. The van der Waals surface area contributed by atoms with Crippen LogP contribution in [0, 0.1) is 5.92 Å². The Morgan fingerprint density at radius 2 is 1.86 bits per heavy atom. The SMILES string of the molecule is c1cncc(-c2ccccc2CNCCC2CCCCC2)c1. The highest BCUT2D eigenvalue weighted by Crippen LogP contribution is 2.26. The summed E-state index contributed by atoms with van der Waals surface area (Å²) in [5.74, 6) is 0.954. The van der Waals surface area contributed by atoms with Crippen LogP contribution in [0.1, 0.15) is 44.1 Å². The third-order valence-corrected chi connectivity index (χ3v) is 4.76. The zero-order valence-corrected chi connectivity index (χ0v) is 13.3. The van der Waals surface area contributed by atoms with E-state index in [1.165, 1.54) is 55.2 Å². The van der Waals surface area contributed by atoms with Gasteiger partial charge in [0.05, 0.1) is 0 Å². The highest BCUT2D eigenvalue weighted by Gasteiger charge is 2.12. The van der Waals surface area contributed by atoms with Gasteiger partial charge in [-0.25, -0.2) is 0 Å². The summed E-state index contributed by atoms with van der Waals surface area (Å²) in [5, 5.41) is 3.64. The Labute approximate surface area is 134 Å². The summed E-state index contributed by atoms with van der Waals surface area (Å²) < 4.78 is 0. The molecule has 2 aromatic rings. The van der Waals surface area contributed by atoms with Crippen molar-refractivity contribution in [1.82, 2.24) is 10.3 Å². The summed E-state index contributed by atoms with van der Waals surface area (Å²) in [7, 11) is 0. The third-order valence-electron chi connectivity index (χ3n) is 4.76. The predicted octanol–water partition coefficient (Wildman–Crippen LogP) is 4.81. The van der Waals surface area contributed by atoms with Crippen molar-refractivity contribution in [2.45, 2.75) is 45.1 Å². The van der Waals surface area contributed by atoms with E-state index in [2.05, 4.69) is 40.6 Å². The number of aromatic nitrogens is 1. The smallest absolute Gasteiger partial charge is 0.0346 e. The van der Waals surface area contributed by atoms with E-state index in [4.69, 9.17) is 0 Å². The molecule has 0 spiro atoms. The molecule has 0 aliphatic heterocycles. The average molecular weight is 294 g/mol. The minimum Gasteiger partial charge on any atom is -0.313 e. The van der Waals surface area contributed by atoms with Crippen molar-refractivity contribution in [3.05, 3.63) is 54.4 Å². The fourth-order valence-corrected chi connectivity index (χ4v) is 3.48. The molecule has 116 valence electrons. The molecule has 1 aromatic heterocycles. The van der Waals surface area contributed by atoms with Gasteiger partial charge in [0.2, 0.25) is 0 Å². The van der Waals surface area contributed by atoms with E-state index in [-0.39, 0.29) is 0 Å². The lowest BCUT2D eigenvalue weighted by molar-refractivity contribution is 0.334. The first-order chi connectivity index (χ1) is 10.9. The van der Waals surface area contributed by atoms with Crippen LogP contribution in [0.25, 0.3) is 11.1 Å². The number of hydrogen-bond donors (Lipinski definition) is 1. The second-order valence-corrected chi connectivity index (χ2v) is 6.37. The fraction of sp³-hybridized carbons (Fsp3) is 0.450. The van der Waals surface area contributed by atoms with E-state index in [9.17, 15) is 0 Å². The second kappa shape index (κ2) is 8.09. The van der Waals surface area contributed by atoms with Gasteiger partial charge in [0.15, 0.2) is 0 Å². The quantitative estimate of drug-likeness (QED) is 0.773. The Morgan fingerprint density at radius 1 is 1.00 bits per heavy atom. The third kappa shape index (κ3) is 4.17. The van der Waals surface area contributed by atoms with Crippen molar-refractivity contribution < 1.29 is 0 Å². The largest absolute Gasteiger partial charge is 0.313 e. The lowest BCUT2D eigenvalue weighted by Gasteiger charge is -2.21. The highest BCUT2D eigenvalue weighted by atomic mass is 14.8. The zero-order chi connectivity index (χ0) is 15.0. The van der Waals surface area contributed by atoms with E-state index in [1.807, 2.05) is 18.5 Å². The molecule has 1 aromatic carbocycles. The lowest BCUT2D eigenvalue weighted by Crippen LogP contribution is -2.19. The van der Waals surface area contributed by atoms with Gasteiger partial charge in [0, 0.05) is 24.5 Å². The van der Waals surface area contributed by atoms with Gasteiger partial charge in [0.1, 0.15) is 0 Å². The van der Waals surface area contributed by atoms with Crippen LogP contribution in [0.4, 0.5) is 0 Å². The van der Waals surface area contributed by atoms with Crippen LogP contribution >= 0.6 is 0 Å². The Bertz CT molecular complexity index is 559. The average Bonchev–Trinajstić information content (AvgIpc) is 2.61. The Hall–Kier alpha value is -1.67. The van der Waals surface area contributed by atoms with Gasteiger partial charge in [-0.1, -0.05) is 62.4 Å². The molecule has 0 radical (unpaired) electrons. The van der Waals surface area contributed by atoms with Crippen LogP contribution in [0.15, 0.2) is 48.8 Å². The number of nitrogens with one attached hydrogen (secondary N) is 1. The van der Waals surface area contributed by atoms with E-state index < -0.39 is 0 Å². The standard InChI is InChI=1S/C20H26N2/c1-2-7-17(8-3-1)12-14-22-16-18-9-4-5-11-20(18)19-10-6-13-21-15-19/h4-6,9-11,13,15,17,22H,1-3,7-8,12,14,16H2. The molecule has 2 nitrogen and oxygen atoms in total. The Balaban J connectivity index is 1.54. The van der Waals surface area contributed by atoms with Crippen molar-refractivity contribution in [3.8, 4) is 11.1 Å². The van der Waals surface area contributed by atoms with E-state index in [0.29, 0.717) is 0 Å². The molecule has 1 aliphatic rings. The van der Waals surface area contributed by atoms with Gasteiger partial charge >= 0.3 is 0 Å². The molecule has 0 bridgehead atoms. The van der Waals surface area contributed by atoms with Crippen LogP contribution < -0.4 is 5.32 Å². The molecule has 1 N–H and O–H groups in total. The molecule has 1 saturated carbocycles. The highest BCUT2D eigenvalue weighted by molar-refractivity contribution is 5.66. The molecule has 1 aliphatic carbocycles. The predicted molar refractivity (Wildman–Crippen MR) is 92.6 cm³/mol. The van der Waals surface area contributed by atoms with Gasteiger partial charge in [-0.15, -0.1) is 0 Å². The Morgan fingerprint density at radius 3 is 2.68 bits per heavy atom. The maximum atomic E-state index is 4.24. The van der Waals surface area contributed by atoms with Gasteiger partial charge in [-0.2, -0.15) is 0 Å². The summed E-state index contributed by atoms with van der Waals surface area (Å²) in [6, 6.07) is 12.8. The number of pyridine rings is 1. The second-order valence-electron chi connectivity index (χ2n) is 6.37. The number of nitrogens with zero attached hydrogens (tertiary/aromatic N) is 1. The molecule has 2 heteroatoms. The maximum Gasteiger partial charge on any atom is 0.0346 e. The van der Waals surface area contributed by atoms with Gasteiger partial charge in [-0.3, -0.25) is 4.98 Å². The molecule has 0 amide bonds. The van der Waals surface area contributed by atoms with Crippen LogP contribution in [0.3, 0.4) is 0 Å². The normalized spacial score (nSPS) is 15.8. The minimum atomic E-state index is 0.942. The first-order valence-electron chi connectivity index (χ1n) is 8.62. The summed E-state index contributed by atoms with van der Waals surface area (Å²) in [6.45, 7) is 2.07. The van der Waals surface area contributed by atoms with E-state index in [0.717, 1.165) is 19.0 Å². The summed E-state index contributed by atoms with van der Waals surface area (Å²) >= 11 is 0. The molecule has 22 heavy (non-hydrogen) atoms. The summed E-state index contributed by atoms with van der Waals surface area (Å²) in [5.41, 5.74) is 3.85. The molecule has 1 heterocycles. The maximum absolute atomic E-state index is 4.24. The van der Waals surface area contributed by atoms with E-state index in [1.54, 1.807) is 0 Å². The van der Waals surface area contributed by atoms with Gasteiger partial charge in [-0.05, 0) is 36.1 Å². The van der Waals surface area contributed by atoms with Crippen molar-refractivity contribution in [2.75, 3.05) is 6.54 Å². The molecule has 0 saturated heterocycles. The number of rotatable bonds is 6.